The molecular formula is C19H30Cl2N2O2. The van der Waals surface area contributed by atoms with E-state index in [0.29, 0.717) is 11.8 Å². The van der Waals surface area contributed by atoms with Crippen LogP contribution in [0.5, 0.6) is 5.75 Å². The fourth-order valence-electron chi connectivity index (χ4n) is 4.50. The first-order valence-corrected chi connectivity index (χ1v) is 9.20. The molecule has 1 aromatic rings. The molecule has 3 fully saturated rings. The summed E-state index contributed by atoms with van der Waals surface area (Å²) in [5, 5.41) is 14.0. The van der Waals surface area contributed by atoms with Gasteiger partial charge in [-0.1, -0.05) is 12.1 Å². The molecule has 0 aromatic heterocycles. The number of rotatable bonds is 3. The highest BCUT2D eigenvalue weighted by Gasteiger charge is 2.40. The summed E-state index contributed by atoms with van der Waals surface area (Å²) in [5.41, 5.74) is 1.20. The van der Waals surface area contributed by atoms with E-state index in [1.807, 2.05) is 6.07 Å². The van der Waals surface area contributed by atoms with Gasteiger partial charge < -0.3 is 20.1 Å². The summed E-state index contributed by atoms with van der Waals surface area (Å²) in [5.74, 6) is 2.23. The molecule has 0 spiro atoms. The molecule has 0 bridgehead atoms. The highest BCUT2D eigenvalue weighted by Crippen LogP contribution is 2.37. The van der Waals surface area contributed by atoms with E-state index in [2.05, 4.69) is 28.4 Å². The number of piperidine rings is 1. The number of hydrogen-bond acceptors (Lipinski definition) is 4. The van der Waals surface area contributed by atoms with E-state index >= 15 is 0 Å². The Morgan fingerprint density at radius 2 is 1.64 bits per heavy atom. The lowest BCUT2D eigenvalue weighted by Gasteiger charge is -2.37. The Labute approximate surface area is 163 Å². The zero-order valence-electron chi connectivity index (χ0n) is 14.6. The Morgan fingerprint density at radius 3 is 2.40 bits per heavy atom. The molecular weight excluding hydrogens is 359 g/mol. The van der Waals surface area contributed by atoms with Crippen molar-refractivity contribution in [3.05, 3.63) is 24.3 Å². The zero-order valence-corrected chi connectivity index (χ0v) is 16.2. The van der Waals surface area contributed by atoms with Gasteiger partial charge in [-0.25, -0.2) is 0 Å². The summed E-state index contributed by atoms with van der Waals surface area (Å²) in [4.78, 5) is 2.44. The fourth-order valence-corrected chi connectivity index (χ4v) is 4.50. The number of benzene rings is 1. The number of nitrogens with one attached hydrogen (secondary N) is 1. The normalized spacial score (nSPS) is 31.5. The molecule has 2 aliphatic heterocycles. The van der Waals surface area contributed by atoms with Gasteiger partial charge in [0.15, 0.2) is 0 Å². The van der Waals surface area contributed by atoms with E-state index in [-0.39, 0.29) is 37.0 Å². The second-order valence-electron chi connectivity index (χ2n) is 7.39. The minimum Gasteiger partial charge on any atom is -0.486 e. The number of halogens is 2. The topological polar surface area (TPSA) is 44.7 Å². The lowest BCUT2D eigenvalue weighted by Crippen LogP contribution is -2.42. The first kappa shape index (κ1) is 20.6. The first-order chi connectivity index (χ1) is 11.3. The monoisotopic (exact) mass is 388 g/mol. The minimum atomic E-state index is -0.342. The maximum atomic E-state index is 10.5. The van der Waals surface area contributed by atoms with Crippen LogP contribution in [0.4, 0.5) is 5.69 Å². The van der Waals surface area contributed by atoms with Crippen molar-refractivity contribution in [1.82, 2.24) is 5.32 Å². The number of anilines is 1. The SMILES string of the molecule is Cl.Cl.O[C@@H]1C[C@H]2CNC[C@H]2C[C@H]1Oc1ccccc1N1CCCCC1. The molecule has 3 aliphatic rings. The zero-order chi connectivity index (χ0) is 15.6. The van der Waals surface area contributed by atoms with Gasteiger partial charge in [-0.05, 0) is 69.2 Å². The third-order valence-corrected chi connectivity index (χ3v) is 5.83. The molecule has 2 N–H and O–H groups in total. The predicted molar refractivity (Wildman–Crippen MR) is 107 cm³/mol. The largest absolute Gasteiger partial charge is 0.486 e. The Morgan fingerprint density at radius 1 is 0.960 bits per heavy atom. The van der Waals surface area contributed by atoms with Gasteiger partial charge in [-0.2, -0.15) is 0 Å². The summed E-state index contributed by atoms with van der Waals surface area (Å²) >= 11 is 0. The Balaban J connectivity index is 0.00000113. The van der Waals surface area contributed by atoms with Gasteiger partial charge in [0, 0.05) is 13.1 Å². The average Bonchev–Trinajstić information content (AvgIpc) is 3.03. The molecule has 6 heteroatoms. The van der Waals surface area contributed by atoms with E-state index in [1.54, 1.807) is 0 Å². The molecule has 0 unspecified atom stereocenters. The molecule has 142 valence electrons. The van der Waals surface area contributed by atoms with Crippen LogP contribution in [0.2, 0.25) is 0 Å². The third kappa shape index (κ3) is 4.54. The van der Waals surface area contributed by atoms with E-state index in [4.69, 9.17) is 4.74 Å². The summed E-state index contributed by atoms with van der Waals surface area (Å²) < 4.78 is 6.34. The highest BCUT2D eigenvalue weighted by molar-refractivity contribution is 5.85. The van der Waals surface area contributed by atoms with Crippen LogP contribution in [-0.2, 0) is 0 Å². The van der Waals surface area contributed by atoms with Crippen LogP contribution < -0.4 is 15.0 Å². The average molecular weight is 389 g/mol. The van der Waals surface area contributed by atoms with Crippen molar-refractivity contribution in [3.8, 4) is 5.75 Å². The molecule has 0 amide bonds. The maximum absolute atomic E-state index is 10.5. The van der Waals surface area contributed by atoms with Gasteiger partial charge >= 0.3 is 0 Å². The molecule has 1 saturated carbocycles. The van der Waals surface area contributed by atoms with Crippen LogP contribution in [-0.4, -0.2) is 43.5 Å². The van der Waals surface area contributed by atoms with Crippen molar-refractivity contribution < 1.29 is 9.84 Å². The lowest BCUT2D eigenvalue weighted by molar-refractivity contribution is -0.0229. The molecule has 4 nitrogen and oxygen atoms in total. The summed E-state index contributed by atoms with van der Waals surface area (Å²) in [6.07, 6.45) is 5.27. The number of aliphatic hydroxyl groups excluding tert-OH is 1. The van der Waals surface area contributed by atoms with Crippen LogP contribution in [0.1, 0.15) is 32.1 Å². The van der Waals surface area contributed by atoms with Gasteiger partial charge in [0.1, 0.15) is 11.9 Å². The van der Waals surface area contributed by atoms with Crippen molar-refractivity contribution in [2.45, 2.75) is 44.3 Å². The lowest BCUT2D eigenvalue weighted by atomic mass is 9.78. The van der Waals surface area contributed by atoms with E-state index < -0.39 is 0 Å². The predicted octanol–water partition coefficient (Wildman–Crippen LogP) is 3.26. The molecule has 4 rings (SSSR count). The van der Waals surface area contributed by atoms with Crippen LogP contribution in [0.15, 0.2) is 24.3 Å². The van der Waals surface area contributed by atoms with Crippen LogP contribution in [0.3, 0.4) is 0 Å². The van der Waals surface area contributed by atoms with Crippen molar-refractivity contribution in [2.75, 3.05) is 31.1 Å². The Bertz CT molecular complexity index is 540. The minimum absolute atomic E-state index is 0. The Kier molecular flexibility index (Phi) is 7.68. The van der Waals surface area contributed by atoms with Gasteiger partial charge in [-0.3, -0.25) is 0 Å². The number of aliphatic hydroxyl groups is 1. The number of fused-ring (bicyclic) bond motifs is 1. The van der Waals surface area contributed by atoms with Crippen molar-refractivity contribution in [1.29, 1.82) is 0 Å². The highest BCUT2D eigenvalue weighted by atomic mass is 35.5. The number of hydrogen-bond donors (Lipinski definition) is 2. The fraction of sp³-hybridized carbons (Fsp3) is 0.684. The van der Waals surface area contributed by atoms with E-state index in [0.717, 1.165) is 44.8 Å². The molecule has 2 saturated heterocycles. The number of ether oxygens (including phenoxy) is 1. The molecule has 1 aliphatic carbocycles. The molecule has 0 radical (unpaired) electrons. The summed E-state index contributed by atoms with van der Waals surface area (Å²) in [6, 6.07) is 8.36. The molecule has 2 heterocycles. The maximum Gasteiger partial charge on any atom is 0.143 e. The standard InChI is InChI=1S/C19H28N2O2.2ClH/c22-17-10-14-12-20-13-15(14)11-19(17)23-18-7-3-2-6-16(18)21-8-4-1-5-9-21;;/h2-3,6-7,14-15,17,19-20,22H,1,4-5,8-13H2;2*1H/t14-,15+,17+,19+;;/m0../s1. The smallest absolute Gasteiger partial charge is 0.143 e. The Hall–Kier alpha value is -0.680. The summed E-state index contributed by atoms with van der Waals surface area (Å²) in [7, 11) is 0. The summed E-state index contributed by atoms with van der Waals surface area (Å²) in [6.45, 7) is 4.36. The molecule has 4 atom stereocenters. The van der Waals surface area contributed by atoms with Gasteiger partial charge in [0.25, 0.3) is 0 Å². The van der Waals surface area contributed by atoms with Crippen LogP contribution >= 0.6 is 24.8 Å². The van der Waals surface area contributed by atoms with E-state index in [1.165, 1.54) is 24.9 Å². The molecule has 25 heavy (non-hydrogen) atoms. The van der Waals surface area contributed by atoms with Gasteiger partial charge in [-0.15, -0.1) is 24.8 Å². The quantitative estimate of drug-likeness (QED) is 0.833. The molecule has 1 aromatic carbocycles. The number of para-hydroxylation sites is 2. The van der Waals surface area contributed by atoms with Gasteiger partial charge in [0.05, 0.1) is 11.8 Å². The van der Waals surface area contributed by atoms with Crippen molar-refractivity contribution >= 4 is 30.5 Å². The second kappa shape index (κ2) is 9.31. The van der Waals surface area contributed by atoms with Crippen molar-refractivity contribution in [3.63, 3.8) is 0 Å². The van der Waals surface area contributed by atoms with Crippen LogP contribution in [0.25, 0.3) is 0 Å². The van der Waals surface area contributed by atoms with E-state index in [9.17, 15) is 5.11 Å². The van der Waals surface area contributed by atoms with Crippen molar-refractivity contribution in [2.24, 2.45) is 11.8 Å². The van der Waals surface area contributed by atoms with Gasteiger partial charge in [0.2, 0.25) is 0 Å². The number of nitrogens with zero attached hydrogens (tertiary/aromatic N) is 1. The third-order valence-electron chi connectivity index (χ3n) is 5.83. The second-order valence-corrected chi connectivity index (χ2v) is 7.39. The van der Waals surface area contributed by atoms with Crippen LogP contribution in [0, 0.1) is 11.8 Å². The first-order valence-electron chi connectivity index (χ1n) is 9.20.